The lowest BCUT2D eigenvalue weighted by molar-refractivity contribution is -0.167. The maximum atomic E-state index is 12.8. The van der Waals surface area contributed by atoms with E-state index in [-0.39, 0.29) is 37.5 Å². The van der Waals surface area contributed by atoms with Gasteiger partial charge in [0.2, 0.25) is 0 Å². The van der Waals surface area contributed by atoms with Crippen LogP contribution in [0.25, 0.3) is 0 Å². The SMILES string of the molecule is CC/C=C\C/C=C\C/C=C\C/C=C\C/C=C\CCCC(=O)OC(COC(=O)CCCCCCC\C=C/C=C\C=C/CCCCCCC)COC(=O)CCCCCCCCC/C=C\CCCCCC. The van der Waals surface area contributed by atoms with E-state index >= 15 is 0 Å². The second-order valence-electron chi connectivity index (χ2n) is 18.2. The van der Waals surface area contributed by atoms with Gasteiger partial charge in [0.1, 0.15) is 13.2 Å². The van der Waals surface area contributed by atoms with Gasteiger partial charge in [-0.3, -0.25) is 14.4 Å². The number of ether oxygens (including phenoxy) is 3. The average Bonchev–Trinajstić information content (AvgIpc) is 3.34. The highest BCUT2D eigenvalue weighted by atomic mass is 16.6. The fraction of sp³-hybridized carbons (Fsp3) is 0.661. The molecule has 1 unspecified atom stereocenters. The first-order chi connectivity index (χ1) is 33.5. The highest BCUT2D eigenvalue weighted by Crippen LogP contribution is 2.13. The number of carbonyl (C=O) groups is 3. The minimum absolute atomic E-state index is 0.111. The molecule has 1 atom stereocenters. The van der Waals surface area contributed by atoms with Crippen molar-refractivity contribution in [2.75, 3.05) is 13.2 Å². The first kappa shape index (κ1) is 64.1. The number of rotatable bonds is 49. The summed E-state index contributed by atoms with van der Waals surface area (Å²) in [4.78, 5) is 38.1. The van der Waals surface area contributed by atoms with Crippen LogP contribution in [-0.2, 0) is 28.6 Å². The number of carbonyl (C=O) groups excluding carboxylic acids is 3. The Morgan fingerprint density at radius 2 is 0.647 bits per heavy atom. The van der Waals surface area contributed by atoms with Crippen molar-refractivity contribution in [2.24, 2.45) is 0 Å². The summed E-state index contributed by atoms with van der Waals surface area (Å²) in [6.45, 7) is 6.43. The van der Waals surface area contributed by atoms with Gasteiger partial charge < -0.3 is 14.2 Å². The Hall–Kier alpha value is -3.93. The molecular formula is C62H102O6. The van der Waals surface area contributed by atoms with Crippen LogP contribution in [0.15, 0.2) is 109 Å². The topological polar surface area (TPSA) is 78.9 Å². The van der Waals surface area contributed by atoms with Gasteiger partial charge in [0.25, 0.3) is 0 Å². The van der Waals surface area contributed by atoms with Crippen molar-refractivity contribution in [2.45, 2.75) is 252 Å². The van der Waals surface area contributed by atoms with E-state index in [0.717, 1.165) is 103 Å². The highest BCUT2D eigenvalue weighted by Gasteiger charge is 2.19. The second kappa shape index (κ2) is 55.7. The Labute approximate surface area is 419 Å². The molecule has 0 aliphatic rings. The van der Waals surface area contributed by atoms with Gasteiger partial charge in [-0.05, 0) is 109 Å². The molecule has 68 heavy (non-hydrogen) atoms. The van der Waals surface area contributed by atoms with Gasteiger partial charge >= 0.3 is 17.9 Å². The van der Waals surface area contributed by atoms with E-state index in [9.17, 15) is 14.4 Å². The summed E-state index contributed by atoms with van der Waals surface area (Å²) in [6, 6.07) is 0. The van der Waals surface area contributed by atoms with Gasteiger partial charge in [-0.25, -0.2) is 0 Å². The highest BCUT2D eigenvalue weighted by molar-refractivity contribution is 5.71. The van der Waals surface area contributed by atoms with Crippen molar-refractivity contribution in [3.8, 4) is 0 Å². The van der Waals surface area contributed by atoms with E-state index < -0.39 is 6.10 Å². The normalized spacial score (nSPS) is 12.9. The first-order valence-electron chi connectivity index (χ1n) is 27.9. The summed E-state index contributed by atoms with van der Waals surface area (Å²) in [7, 11) is 0. The number of esters is 3. The zero-order valence-electron chi connectivity index (χ0n) is 44.1. The molecule has 0 saturated carbocycles. The first-order valence-corrected chi connectivity index (χ1v) is 27.9. The molecule has 6 heteroatoms. The minimum atomic E-state index is -0.820. The molecule has 0 aliphatic carbocycles. The van der Waals surface area contributed by atoms with Crippen LogP contribution in [0.1, 0.15) is 245 Å². The molecule has 0 amide bonds. The summed E-state index contributed by atoms with van der Waals surface area (Å²) in [6.07, 6.45) is 75.0. The third-order valence-corrected chi connectivity index (χ3v) is 11.5. The molecule has 386 valence electrons. The van der Waals surface area contributed by atoms with Crippen molar-refractivity contribution in [1.82, 2.24) is 0 Å². The van der Waals surface area contributed by atoms with Crippen LogP contribution in [-0.4, -0.2) is 37.2 Å². The molecule has 0 aromatic rings. The summed E-state index contributed by atoms with van der Waals surface area (Å²) in [5.41, 5.74) is 0. The summed E-state index contributed by atoms with van der Waals surface area (Å²) >= 11 is 0. The lowest BCUT2D eigenvalue weighted by Crippen LogP contribution is -2.30. The van der Waals surface area contributed by atoms with E-state index in [1.165, 1.54) is 96.3 Å². The molecular weight excluding hydrogens is 841 g/mol. The van der Waals surface area contributed by atoms with Crippen molar-refractivity contribution >= 4 is 17.9 Å². The third-order valence-electron chi connectivity index (χ3n) is 11.5. The Morgan fingerprint density at radius 3 is 1.09 bits per heavy atom. The molecule has 0 aliphatic heterocycles. The fourth-order valence-electron chi connectivity index (χ4n) is 7.36. The van der Waals surface area contributed by atoms with Crippen LogP contribution in [0.4, 0.5) is 0 Å². The van der Waals surface area contributed by atoms with Crippen LogP contribution in [0.2, 0.25) is 0 Å². The van der Waals surface area contributed by atoms with E-state index in [1.54, 1.807) is 0 Å². The van der Waals surface area contributed by atoms with Crippen LogP contribution in [0.5, 0.6) is 0 Å². The van der Waals surface area contributed by atoms with E-state index in [2.05, 4.69) is 130 Å². The van der Waals surface area contributed by atoms with Gasteiger partial charge in [0.05, 0.1) is 0 Å². The molecule has 0 aromatic carbocycles. The van der Waals surface area contributed by atoms with Crippen LogP contribution in [0, 0.1) is 0 Å². The number of allylic oxidation sites excluding steroid dienone is 18. The minimum Gasteiger partial charge on any atom is -0.462 e. The van der Waals surface area contributed by atoms with Gasteiger partial charge in [-0.2, -0.15) is 0 Å². The zero-order valence-corrected chi connectivity index (χ0v) is 44.1. The molecule has 0 saturated heterocycles. The fourth-order valence-corrected chi connectivity index (χ4v) is 7.36. The van der Waals surface area contributed by atoms with Crippen molar-refractivity contribution < 1.29 is 28.6 Å². The molecule has 0 radical (unpaired) electrons. The third kappa shape index (κ3) is 53.0. The van der Waals surface area contributed by atoms with Crippen molar-refractivity contribution in [1.29, 1.82) is 0 Å². The molecule has 0 heterocycles. The Bertz CT molecular complexity index is 1410. The number of hydrogen-bond donors (Lipinski definition) is 0. The Kier molecular flexibility index (Phi) is 52.4. The van der Waals surface area contributed by atoms with Gasteiger partial charge in [0.15, 0.2) is 6.10 Å². The van der Waals surface area contributed by atoms with Crippen LogP contribution in [0.3, 0.4) is 0 Å². The number of hydrogen-bond acceptors (Lipinski definition) is 6. The maximum absolute atomic E-state index is 12.8. The van der Waals surface area contributed by atoms with Crippen molar-refractivity contribution in [3.63, 3.8) is 0 Å². The maximum Gasteiger partial charge on any atom is 0.306 e. The van der Waals surface area contributed by atoms with Gasteiger partial charge in [-0.1, -0.05) is 226 Å². The molecule has 6 nitrogen and oxygen atoms in total. The lowest BCUT2D eigenvalue weighted by Gasteiger charge is -2.18. The Morgan fingerprint density at radius 1 is 0.324 bits per heavy atom. The van der Waals surface area contributed by atoms with Gasteiger partial charge in [-0.15, -0.1) is 0 Å². The Balaban J connectivity index is 4.54. The van der Waals surface area contributed by atoms with E-state index in [0.29, 0.717) is 19.3 Å². The predicted molar refractivity (Wildman–Crippen MR) is 293 cm³/mol. The standard InChI is InChI=1S/C62H102O6/c1-4-7-10-13-16-19-22-25-28-30-32-34-37-40-43-46-49-52-55-61(64)67-58-59(57-66-60(63)54-51-48-45-42-39-36-33-27-24-21-18-15-12-9-6-3)68-62(65)56-53-50-47-44-41-38-35-31-29-26-23-20-17-14-11-8-5-2/h8,11,17,20-22,24-26,28-30,32,34-35,38,44,47,59H,4-7,9-10,12-16,18-19,23,27,31,33,36-37,39-43,45-46,48-58H2,1-3H3/b11-8-,20-17-,24-21-,25-22-,29-26-,30-28-,34-32-,38-35-,47-44-. The molecule has 0 fully saturated rings. The van der Waals surface area contributed by atoms with Gasteiger partial charge in [0, 0.05) is 19.3 Å². The van der Waals surface area contributed by atoms with E-state index in [1.807, 2.05) is 0 Å². The largest absolute Gasteiger partial charge is 0.462 e. The summed E-state index contributed by atoms with van der Waals surface area (Å²) in [5, 5.41) is 0. The molecule has 0 aromatic heterocycles. The smallest absolute Gasteiger partial charge is 0.306 e. The average molecular weight is 943 g/mol. The quantitative estimate of drug-likeness (QED) is 0.0199. The zero-order chi connectivity index (χ0) is 49.3. The number of unbranched alkanes of at least 4 members (excludes halogenated alkanes) is 22. The lowest BCUT2D eigenvalue weighted by atomic mass is 10.1. The molecule has 0 bridgehead atoms. The molecule has 0 spiro atoms. The van der Waals surface area contributed by atoms with Crippen LogP contribution >= 0.6 is 0 Å². The second-order valence-corrected chi connectivity index (χ2v) is 18.2. The molecule has 0 rings (SSSR count). The van der Waals surface area contributed by atoms with Crippen molar-refractivity contribution in [3.05, 3.63) is 109 Å². The van der Waals surface area contributed by atoms with Crippen LogP contribution < -0.4 is 0 Å². The summed E-state index contributed by atoms with van der Waals surface area (Å²) < 4.78 is 16.8. The summed E-state index contributed by atoms with van der Waals surface area (Å²) in [5.74, 6) is -0.996. The van der Waals surface area contributed by atoms with E-state index in [4.69, 9.17) is 14.2 Å². The predicted octanol–water partition coefficient (Wildman–Crippen LogP) is 18.7. The monoisotopic (exact) mass is 943 g/mol. The molecule has 0 N–H and O–H groups in total.